The highest BCUT2D eigenvalue weighted by Gasteiger charge is 2.25. The topological polar surface area (TPSA) is 106 Å². The van der Waals surface area contributed by atoms with Crippen LogP contribution in [0.3, 0.4) is 0 Å². The molecule has 0 bridgehead atoms. The predicted octanol–water partition coefficient (Wildman–Crippen LogP) is 4.22. The molecule has 31 heavy (non-hydrogen) atoms. The van der Waals surface area contributed by atoms with E-state index in [1.165, 1.54) is 7.11 Å². The molecule has 1 unspecified atom stereocenters. The van der Waals surface area contributed by atoms with Crippen LogP contribution in [0.2, 0.25) is 0 Å². The Morgan fingerprint density at radius 1 is 0.903 bits per heavy atom. The van der Waals surface area contributed by atoms with Crippen LogP contribution in [0, 0.1) is 0 Å². The lowest BCUT2D eigenvalue weighted by molar-refractivity contribution is -0.143. The maximum absolute atomic E-state index is 12.3. The van der Waals surface area contributed by atoms with Crippen molar-refractivity contribution in [3.8, 4) is 0 Å². The molecule has 0 aliphatic heterocycles. The summed E-state index contributed by atoms with van der Waals surface area (Å²) in [5.41, 5.74) is 1.77. The molecule has 0 heterocycles. The number of carbonyl (C=O) groups is 3. The highest BCUT2D eigenvalue weighted by molar-refractivity contribution is 5.91. The van der Waals surface area contributed by atoms with Crippen LogP contribution in [0.25, 0.3) is 0 Å². The number of para-hydroxylation sites is 1. The number of methoxy groups -OCH3 is 1. The van der Waals surface area contributed by atoms with Gasteiger partial charge in [-0.1, -0.05) is 18.2 Å². The molecule has 0 fully saturated rings. The second-order valence-electron chi connectivity index (χ2n) is 7.88. The first kappa shape index (κ1) is 23.7. The van der Waals surface area contributed by atoms with Gasteiger partial charge in [-0.2, -0.15) is 0 Å². The third kappa shape index (κ3) is 8.77. The van der Waals surface area contributed by atoms with Crippen LogP contribution >= 0.6 is 0 Å². The number of benzene rings is 2. The molecule has 2 rings (SSSR count). The number of hydrogen-bond donors (Lipinski definition) is 3. The van der Waals surface area contributed by atoms with Crippen molar-refractivity contribution in [3.63, 3.8) is 0 Å². The van der Waals surface area contributed by atoms with E-state index >= 15 is 0 Å². The molecule has 0 aliphatic carbocycles. The lowest BCUT2D eigenvalue weighted by atomic mass is 10.1. The first-order valence-electron chi connectivity index (χ1n) is 9.95. The van der Waals surface area contributed by atoms with Crippen molar-refractivity contribution in [2.75, 3.05) is 17.7 Å². The van der Waals surface area contributed by atoms with Gasteiger partial charge in [0.25, 0.3) is 0 Å². The highest BCUT2D eigenvalue weighted by atomic mass is 16.6. The van der Waals surface area contributed by atoms with E-state index in [1.54, 1.807) is 32.9 Å². The Kier molecular flexibility index (Phi) is 8.43. The lowest BCUT2D eigenvalue weighted by Gasteiger charge is -2.22. The van der Waals surface area contributed by atoms with Crippen molar-refractivity contribution in [1.29, 1.82) is 0 Å². The fourth-order valence-corrected chi connectivity index (χ4v) is 2.66. The van der Waals surface area contributed by atoms with Gasteiger partial charge in [0.1, 0.15) is 11.6 Å². The summed E-state index contributed by atoms with van der Waals surface area (Å²) < 4.78 is 9.86. The summed E-state index contributed by atoms with van der Waals surface area (Å²) in [6.45, 7) is 5.15. The van der Waals surface area contributed by atoms with Crippen LogP contribution in [0.5, 0.6) is 0 Å². The summed E-state index contributed by atoms with van der Waals surface area (Å²) in [5, 5.41) is 8.49. The number of esters is 1. The number of ether oxygens (including phenoxy) is 2. The van der Waals surface area contributed by atoms with E-state index in [0.717, 1.165) is 11.4 Å². The Bertz CT molecular complexity index is 876. The Hall–Kier alpha value is -3.55. The van der Waals surface area contributed by atoms with Crippen molar-refractivity contribution in [3.05, 3.63) is 54.6 Å². The molecular weight excluding hydrogens is 398 g/mol. The quantitative estimate of drug-likeness (QED) is 0.545. The second-order valence-corrected chi connectivity index (χ2v) is 7.88. The van der Waals surface area contributed by atoms with Crippen molar-refractivity contribution in [1.82, 2.24) is 5.32 Å². The standard InChI is InChI=1S/C23H29N3O5/c1-23(2,3)31-22(29)26-19(21(28)30-4)14-15-20(27)25-18-12-10-17(11-13-18)24-16-8-6-5-7-9-16/h5-13,19,24H,14-15H2,1-4H3,(H,25,27)(H,26,29). The van der Waals surface area contributed by atoms with Gasteiger partial charge in [-0.05, 0) is 63.6 Å². The smallest absolute Gasteiger partial charge is 0.408 e. The minimum Gasteiger partial charge on any atom is -0.467 e. The van der Waals surface area contributed by atoms with Gasteiger partial charge in [0, 0.05) is 23.5 Å². The van der Waals surface area contributed by atoms with E-state index in [-0.39, 0.29) is 18.7 Å². The summed E-state index contributed by atoms with van der Waals surface area (Å²) in [5.74, 6) is -0.932. The number of carbonyl (C=O) groups excluding carboxylic acids is 3. The molecule has 0 spiro atoms. The van der Waals surface area contributed by atoms with Crippen LogP contribution < -0.4 is 16.0 Å². The number of anilines is 3. The number of amides is 2. The van der Waals surface area contributed by atoms with Gasteiger partial charge < -0.3 is 25.4 Å². The molecule has 3 N–H and O–H groups in total. The molecule has 1 atom stereocenters. The Morgan fingerprint density at radius 2 is 1.48 bits per heavy atom. The molecule has 0 saturated carbocycles. The van der Waals surface area contributed by atoms with E-state index in [9.17, 15) is 14.4 Å². The Morgan fingerprint density at radius 3 is 2.06 bits per heavy atom. The van der Waals surface area contributed by atoms with Crippen molar-refractivity contribution >= 4 is 35.0 Å². The molecule has 2 aromatic carbocycles. The van der Waals surface area contributed by atoms with Crippen molar-refractivity contribution in [2.24, 2.45) is 0 Å². The van der Waals surface area contributed by atoms with Gasteiger partial charge in [0.05, 0.1) is 7.11 Å². The van der Waals surface area contributed by atoms with Gasteiger partial charge in [-0.25, -0.2) is 9.59 Å². The average Bonchev–Trinajstić information content (AvgIpc) is 2.71. The van der Waals surface area contributed by atoms with Crippen molar-refractivity contribution in [2.45, 2.75) is 45.3 Å². The number of nitrogens with one attached hydrogen (secondary N) is 3. The monoisotopic (exact) mass is 427 g/mol. The van der Waals surface area contributed by atoms with Gasteiger partial charge in [-0.15, -0.1) is 0 Å². The number of rotatable bonds is 8. The summed E-state index contributed by atoms with van der Waals surface area (Å²) in [6.07, 6.45) is -0.657. The molecule has 166 valence electrons. The first-order valence-corrected chi connectivity index (χ1v) is 9.95. The molecule has 8 nitrogen and oxygen atoms in total. The molecule has 0 saturated heterocycles. The third-order valence-corrected chi connectivity index (χ3v) is 4.07. The summed E-state index contributed by atoms with van der Waals surface area (Å²) in [7, 11) is 1.22. The normalized spacial score (nSPS) is 11.7. The van der Waals surface area contributed by atoms with E-state index in [1.807, 2.05) is 42.5 Å². The number of hydrogen-bond acceptors (Lipinski definition) is 6. The average molecular weight is 428 g/mol. The molecule has 2 aromatic rings. The zero-order valence-electron chi connectivity index (χ0n) is 18.2. The van der Waals surface area contributed by atoms with Crippen LogP contribution in [-0.4, -0.2) is 36.7 Å². The number of alkyl carbamates (subject to hydrolysis) is 1. The Labute approximate surface area is 182 Å². The molecule has 0 aliphatic rings. The van der Waals surface area contributed by atoms with Crippen LogP contribution in [0.1, 0.15) is 33.6 Å². The fraction of sp³-hybridized carbons (Fsp3) is 0.348. The molecule has 0 aromatic heterocycles. The van der Waals surface area contributed by atoms with Crippen LogP contribution in [-0.2, 0) is 19.1 Å². The van der Waals surface area contributed by atoms with E-state index < -0.39 is 23.7 Å². The maximum atomic E-state index is 12.3. The van der Waals surface area contributed by atoms with Gasteiger partial charge in [-0.3, -0.25) is 4.79 Å². The van der Waals surface area contributed by atoms with Crippen LogP contribution in [0.15, 0.2) is 54.6 Å². The minimum absolute atomic E-state index is 0.0135. The first-order chi connectivity index (χ1) is 14.7. The maximum Gasteiger partial charge on any atom is 0.408 e. The second kappa shape index (κ2) is 11.0. The fourth-order valence-electron chi connectivity index (χ4n) is 2.66. The molecule has 0 radical (unpaired) electrons. The van der Waals surface area contributed by atoms with Gasteiger partial charge in [0.15, 0.2) is 0 Å². The summed E-state index contributed by atoms with van der Waals surface area (Å²) in [4.78, 5) is 36.2. The molecule has 8 heteroatoms. The van der Waals surface area contributed by atoms with E-state index in [0.29, 0.717) is 5.69 Å². The van der Waals surface area contributed by atoms with Crippen LogP contribution in [0.4, 0.5) is 21.9 Å². The molecule has 2 amide bonds. The molecular formula is C23H29N3O5. The summed E-state index contributed by atoms with van der Waals surface area (Å²) >= 11 is 0. The van der Waals surface area contributed by atoms with Gasteiger partial charge >= 0.3 is 12.1 Å². The zero-order chi connectivity index (χ0) is 22.9. The summed E-state index contributed by atoms with van der Waals surface area (Å²) in [6, 6.07) is 16.0. The van der Waals surface area contributed by atoms with Crippen molar-refractivity contribution < 1.29 is 23.9 Å². The Balaban J connectivity index is 1.86. The predicted molar refractivity (Wildman–Crippen MR) is 119 cm³/mol. The van der Waals surface area contributed by atoms with E-state index in [2.05, 4.69) is 16.0 Å². The van der Waals surface area contributed by atoms with E-state index in [4.69, 9.17) is 9.47 Å². The zero-order valence-corrected chi connectivity index (χ0v) is 18.2. The van der Waals surface area contributed by atoms with Gasteiger partial charge in [0.2, 0.25) is 5.91 Å². The lowest BCUT2D eigenvalue weighted by Crippen LogP contribution is -2.44. The third-order valence-electron chi connectivity index (χ3n) is 4.07. The highest BCUT2D eigenvalue weighted by Crippen LogP contribution is 2.19. The minimum atomic E-state index is -0.983. The SMILES string of the molecule is COC(=O)C(CCC(=O)Nc1ccc(Nc2ccccc2)cc1)NC(=O)OC(C)(C)C. The largest absolute Gasteiger partial charge is 0.467 e.